The summed E-state index contributed by atoms with van der Waals surface area (Å²) in [4.78, 5) is 24.7. The highest BCUT2D eigenvalue weighted by Gasteiger charge is 2.20. The zero-order chi connectivity index (χ0) is 22.4. The van der Waals surface area contributed by atoms with Crippen LogP contribution >= 0.6 is 35.0 Å². The lowest BCUT2D eigenvalue weighted by Gasteiger charge is -2.15. The van der Waals surface area contributed by atoms with E-state index in [1.165, 1.54) is 11.8 Å². The minimum atomic E-state index is -0.348. The Hall–Kier alpha value is -2.55. The maximum absolute atomic E-state index is 12.4. The third-order valence-corrected chi connectivity index (χ3v) is 6.07. The van der Waals surface area contributed by atoms with Crippen molar-refractivity contribution in [3.8, 4) is 0 Å². The first kappa shape index (κ1) is 23.1. The summed E-state index contributed by atoms with van der Waals surface area (Å²) in [6.07, 6.45) is 0. The van der Waals surface area contributed by atoms with E-state index in [1.54, 1.807) is 30.3 Å². The van der Waals surface area contributed by atoms with Crippen molar-refractivity contribution >= 4 is 52.5 Å². The van der Waals surface area contributed by atoms with Crippen LogP contribution in [-0.2, 0) is 11.3 Å². The normalized spacial score (nSPS) is 11.7. The molecule has 0 spiro atoms. The number of hydrogen-bond acceptors (Lipinski definition) is 5. The molecular weight excluding hydrogens is 457 g/mol. The van der Waals surface area contributed by atoms with E-state index in [0.717, 1.165) is 0 Å². The molecule has 0 saturated carbocycles. The van der Waals surface area contributed by atoms with Crippen LogP contribution in [0.25, 0.3) is 0 Å². The van der Waals surface area contributed by atoms with Crippen molar-refractivity contribution in [3.63, 3.8) is 0 Å². The third-order valence-electron chi connectivity index (χ3n) is 4.37. The Balaban J connectivity index is 1.62. The third kappa shape index (κ3) is 6.00. The molecule has 0 fully saturated rings. The minimum Gasteiger partial charge on any atom is -0.342 e. The van der Waals surface area contributed by atoms with Crippen LogP contribution in [0.3, 0.4) is 0 Å². The fourth-order valence-corrected chi connectivity index (χ4v) is 3.97. The van der Waals surface area contributed by atoms with Crippen molar-refractivity contribution in [2.75, 3.05) is 11.1 Å². The molecule has 0 radical (unpaired) electrons. The van der Waals surface area contributed by atoms with Gasteiger partial charge in [-0.2, -0.15) is 0 Å². The van der Waals surface area contributed by atoms with Gasteiger partial charge in [-0.15, -0.1) is 10.2 Å². The van der Waals surface area contributed by atoms with Crippen molar-refractivity contribution in [2.45, 2.75) is 31.6 Å². The Morgan fingerprint density at radius 2 is 1.84 bits per heavy atom. The monoisotopic (exact) mass is 477 g/mol. The molecule has 2 N–H and O–H groups in total. The van der Waals surface area contributed by atoms with Gasteiger partial charge in [-0.3, -0.25) is 9.59 Å². The van der Waals surface area contributed by atoms with Crippen LogP contribution < -0.4 is 10.6 Å². The largest absolute Gasteiger partial charge is 0.342 e. The average Bonchev–Trinajstić information content (AvgIpc) is 3.18. The Kier molecular flexibility index (Phi) is 7.95. The highest BCUT2D eigenvalue weighted by Crippen LogP contribution is 2.26. The number of aromatic nitrogens is 3. The summed E-state index contributed by atoms with van der Waals surface area (Å²) in [7, 11) is 0. The standard InChI is InChI=1S/C21H21Cl2N5O2S/c1-3-28-19(13(2)24-20(30)14-7-5-4-6-8-14)26-27-21(28)31-12-18(29)25-15-9-10-16(22)17(23)11-15/h4-11,13H,3,12H2,1-2H3,(H,24,30)(H,25,29)/t13-/m1/s1. The number of carbonyl (C=O) groups is 2. The lowest BCUT2D eigenvalue weighted by atomic mass is 10.2. The SMILES string of the molecule is CCn1c(SCC(=O)Nc2ccc(Cl)c(Cl)c2)nnc1[C@@H](C)NC(=O)c1ccccc1. The molecule has 0 aliphatic rings. The first-order valence-corrected chi connectivity index (χ1v) is 11.3. The number of thioether (sulfide) groups is 1. The van der Waals surface area contributed by atoms with Gasteiger partial charge in [0.05, 0.1) is 21.8 Å². The number of nitrogens with zero attached hydrogens (tertiary/aromatic N) is 3. The summed E-state index contributed by atoms with van der Waals surface area (Å²) in [6, 6.07) is 13.5. The van der Waals surface area contributed by atoms with Crippen LogP contribution in [0.4, 0.5) is 5.69 Å². The maximum Gasteiger partial charge on any atom is 0.251 e. The molecule has 10 heteroatoms. The molecular formula is C21H21Cl2N5O2S. The molecule has 7 nitrogen and oxygen atoms in total. The van der Waals surface area contributed by atoms with Gasteiger partial charge in [-0.05, 0) is 44.2 Å². The first-order chi connectivity index (χ1) is 14.9. The molecule has 3 rings (SSSR count). The molecule has 0 bridgehead atoms. The minimum absolute atomic E-state index is 0.142. The fourth-order valence-electron chi connectivity index (χ4n) is 2.86. The van der Waals surface area contributed by atoms with Crippen molar-refractivity contribution in [1.82, 2.24) is 20.1 Å². The Morgan fingerprint density at radius 3 is 2.52 bits per heavy atom. The summed E-state index contributed by atoms with van der Waals surface area (Å²) in [5, 5.41) is 15.5. The molecule has 1 aromatic heterocycles. The molecule has 0 aliphatic heterocycles. The zero-order valence-corrected chi connectivity index (χ0v) is 19.3. The molecule has 162 valence electrons. The van der Waals surface area contributed by atoms with E-state index in [-0.39, 0.29) is 23.6 Å². The van der Waals surface area contributed by atoms with Gasteiger partial charge >= 0.3 is 0 Å². The lowest BCUT2D eigenvalue weighted by Crippen LogP contribution is -2.28. The highest BCUT2D eigenvalue weighted by atomic mass is 35.5. The second-order valence-electron chi connectivity index (χ2n) is 6.61. The Labute approximate surface area is 194 Å². The summed E-state index contributed by atoms with van der Waals surface area (Å²) < 4.78 is 1.88. The number of nitrogens with one attached hydrogen (secondary N) is 2. The summed E-state index contributed by atoms with van der Waals surface area (Å²) in [5.41, 5.74) is 1.14. The molecule has 0 unspecified atom stereocenters. The Morgan fingerprint density at radius 1 is 1.10 bits per heavy atom. The molecule has 2 aromatic carbocycles. The van der Waals surface area contributed by atoms with Crippen LogP contribution in [0.2, 0.25) is 10.0 Å². The van der Waals surface area contributed by atoms with Gasteiger partial charge in [0.25, 0.3) is 5.91 Å². The molecule has 1 heterocycles. The lowest BCUT2D eigenvalue weighted by molar-refractivity contribution is -0.113. The van der Waals surface area contributed by atoms with E-state index in [9.17, 15) is 9.59 Å². The molecule has 1 atom stereocenters. The molecule has 3 aromatic rings. The van der Waals surface area contributed by atoms with Gasteiger partial charge in [-0.1, -0.05) is 53.2 Å². The maximum atomic E-state index is 12.4. The first-order valence-electron chi connectivity index (χ1n) is 9.55. The number of carbonyl (C=O) groups excluding carboxylic acids is 2. The Bertz CT molecular complexity index is 1070. The highest BCUT2D eigenvalue weighted by molar-refractivity contribution is 7.99. The van der Waals surface area contributed by atoms with E-state index >= 15 is 0 Å². The average molecular weight is 478 g/mol. The second kappa shape index (κ2) is 10.7. The van der Waals surface area contributed by atoms with Gasteiger partial charge in [0, 0.05) is 17.8 Å². The molecule has 2 amide bonds. The van der Waals surface area contributed by atoms with Crippen molar-refractivity contribution < 1.29 is 9.59 Å². The van der Waals surface area contributed by atoms with Crippen molar-refractivity contribution in [2.24, 2.45) is 0 Å². The second-order valence-corrected chi connectivity index (χ2v) is 8.37. The number of amides is 2. The van der Waals surface area contributed by atoms with E-state index < -0.39 is 0 Å². The quantitative estimate of drug-likeness (QED) is 0.453. The fraction of sp³-hybridized carbons (Fsp3) is 0.238. The van der Waals surface area contributed by atoms with Gasteiger partial charge in [0.15, 0.2) is 11.0 Å². The van der Waals surface area contributed by atoms with Crippen LogP contribution in [0.15, 0.2) is 53.7 Å². The number of hydrogen-bond donors (Lipinski definition) is 2. The topological polar surface area (TPSA) is 88.9 Å². The van der Waals surface area contributed by atoms with Gasteiger partial charge in [-0.25, -0.2) is 0 Å². The summed E-state index contributed by atoms with van der Waals surface area (Å²) in [5.74, 6) is 0.373. The molecule has 0 saturated heterocycles. The zero-order valence-electron chi connectivity index (χ0n) is 16.9. The number of halogens is 2. The van der Waals surface area contributed by atoms with E-state index in [0.29, 0.717) is 38.8 Å². The smallest absolute Gasteiger partial charge is 0.251 e. The van der Waals surface area contributed by atoms with E-state index in [2.05, 4.69) is 20.8 Å². The van der Waals surface area contributed by atoms with Crippen molar-refractivity contribution in [3.05, 3.63) is 70.0 Å². The van der Waals surface area contributed by atoms with E-state index in [4.69, 9.17) is 23.2 Å². The number of rotatable bonds is 8. The van der Waals surface area contributed by atoms with E-state index in [1.807, 2.05) is 36.6 Å². The number of benzene rings is 2. The predicted molar refractivity (Wildman–Crippen MR) is 124 cm³/mol. The summed E-state index contributed by atoms with van der Waals surface area (Å²) in [6.45, 7) is 4.41. The van der Waals surface area contributed by atoms with Crippen LogP contribution in [0, 0.1) is 0 Å². The predicted octanol–water partition coefficient (Wildman–Crippen LogP) is 4.83. The molecule has 31 heavy (non-hydrogen) atoms. The van der Waals surface area contributed by atoms with Crippen molar-refractivity contribution in [1.29, 1.82) is 0 Å². The number of anilines is 1. The van der Waals surface area contributed by atoms with Crippen LogP contribution in [0.1, 0.15) is 36.1 Å². The molecule has 0 aliphatic carbocycles. The van der Waals surface area contributed by atoms with Gasteiger partial charge in [0.1, 0.15) is 0 Å². The van der Waals surface area contributed by atoms with Gasteiger partial charge in [0.2, 0.25) is 5.91 Å². The van der Waals surface area contributed by atoms with Crippen LogP contribution in [0.5, 0.6) is 0 Å². The van der Waals surface area contributed by atoms with Gasteiger partial charge < -0.3 is 15.2 Å². The van der Waals surface area contributed by atoms with Crippen LogP contribution in [-0.4, -0.2) is 32.3 Å². The summed E-state index contributed by atoms with van der Waals surface area (Å²) >= 11 is 13.1.